The van der Waals surface area contributed by atoms with Crippen LogP contribution in [0.4, 0.5) is 13.2 Å². The number of rotatable bonds is 4. The molecule has 0 bridgehead atoms. The molecule has 1 atom stereocenters. The number of aromatic amines is 1. The number of nitriles is 1. The lowest BCUT2D eigenvalue weighted by Crippen LogP contribution is -2.52. The van der Waals surface area contributed by atoms with Crippen molar-refractivity contribution in [3.63, 3.8) is 0 Å². The van der Waals surface area contributed by atoms with E-state index in [0.717, 1.165) is 25.2 Å². The standard InChI is InChI=1S/C12H21N3O.C9H6F3N3O3/c1-12(2,3)10(14)11(16)15-6-4-9(8-13)5-7-15;10-9(11,12)3-18-5-2-14-7-6(15-5)4(1-13-7)8(16)17/h9-10H,4-7,14H2,1-3H3;1-2H,3H2,(H,13,14)(H,16,17)/t10-;/m0./s1. The van der Waals surface area contributed by atoms with E-state index < -0.39 is 24.8 Å². The summed E-state index contributed by atoms with van der Waals surface area (Å²) in [5, 5.41) is 17.6. The number of carboxylic acid groups (broad SMARTS) is 1. The lowest BCUT2D eigenvalue weighted by Gasteiger charge is -2.35. The Labute approximate surface area is 193 Å². The molecule has 1 fully saturated rings. The molecule has 1 amide bonds. The maximum absolute atomic E-state index is 12.1. The third kappa shape index (κ3) is 7.31. The van der Waals surface area contributed by atoms with Gasteiger partial charge in [-0.05, 0) is 18.3 Å². The van der Waals surface area contributed by atoms with Gasteiger partial charge in [-0.25, -0.2) is 14.8 Å². The van der Waals surface area contributed by atoms with Crippen LogP contribution in [0.25, 0.3) is 11.2 Å². The molecule has 3 heterocycles. The van der Waals surface area contributed by atoms with Gasteiger partial charge in [-0.2, -0.15) is 18.4 Å². The lowest BCUT2D eigenvalue weighted by atomic mass is 9.86. The number of hydrogen-bond donors (Lipinski definition) is 3. The molecule has 10 nitrogen and oxygen atoms in total. The van der Waals surface area contributed by atoms with Gasteiger partial charge in [-0.1, -0.05) is 20.8 Å². The summed E-state index contributed by atoms with van der Waals surface area (Å²) in [6.07, 6.45) is -0.806. The first-order valence-corrected chi connectivity index (χ1v) is 10.4. The lowest BCUT2D eigenvalue weighted by molar-refractivity contribution is -0.154. The fourth-order valence-electron chi connectivity index (χ4n) is 3.06. The summed E-state index contributed by atoms with van der Waals surface area (Å²) in [7, 11) is 0. The van der Waals surface area contributed by atoms with E-state index in [1.54, 1.807) is 4.90 Å². The first kappa shape index (κ1) is 26.8. The van der Waals surface area contributed by atoms with E-state index in [4.69, 9.17) is 16.1 Å². The first-order chi connectivity index (χ1) is 15.7. The number of piperidine rings is 1. The molecule has 0 unspecified atom stereocenters. The Morgan fingerprint density at radius 1 is 1.35 bits per heavy atom. The molecular weight excluding hydrogens is 457 g/mol. The molecule has 2 aromatic heterocycles. The van der Waals surface area contributed by atoms with Gasteiger partial charge in [0.15, 0.2) is 12.3 Å². The molecule has 186 valence electrons. The van der Waals surface area contributed by atoms with Crippen LogP contribution in [0, 0.1) is 22.7 Å². The van der Waals surface area contributed by atoms with Crippen molar-refractivity contribution in [2.45, 2.75) is 45.8 Å². The number of amides is 1. The van der Waals surface area contributed by atoms with Crippen LogP contribution in [-0.4, -0.2) is 68.7 Å². The third-order valence-electron chi connectivity index (χ3n) is 5.16. The van der Waals surface area contributed by atoms with Crippen LogP contribution in [0.1, 0.15) is 44.0 Å². The van der Waals surface area contributed by atoms with E-state index >= 15 is 0 Å². The van der Waals surface area contributed by atoms with Gasteiger partial charge in [0.05, 0.1) is 18.3 Å². The van der Waals surface area contributed by atoms with Crippen LogP contribution in [0.2, 0.25) is 0 Å². The van der Waals surface area contributed by atoms with Crippen molar-refractivity contribution in [3.8, 4) is 11.9 Å². The predicted octanol–water partition coefficient (Wildman–Crippen LogP) is 2.72. The molecular formula is C21H27F3N6O4. The van der Waals surface area contributed by atoms with E-state index in [9.17, 15) is 22.8 Å². The smallest absolute Gasteiger partial charge is 0.422 e. The molecule has 4 N–H and O–H groups in total. The Kier molecular flexibility index (Phi) is 8.44. The maximum Gasteiger partial charge on any atom is 0.422 e. The second-order valence-corrected chi connectivity index (χ2v) is 8.89. The highest BCUT2D eigenvalue weighted by Gasteiger charge is 2.33. The van der Waals surface area contributed by atoms with Crippen LogP contribution >= 0.6 is 0 Å². The molecule has 0 spiro atoms. The van der Waals surface area contributed by atoms with Crippen LogP contribution in [-0.2, 0) is 4.79 Å². The minimum absolute atomic E-state index is 0.0175. The van der Waals surface area contributed by atoms with Crippen molar-refractivity contribution in [2.24, 2.45) is 17.1 Å². The normalized spacial score (nSPS) is 15.8. The fraction of sp³-hybridized carbons (Fsp3) is 0.571. The number of carbonyl (C=O) groups is 2. The van der Waals surface area contributed by atoms with Crippen LogP contribution in [0.5, 0.6) is 5.88 Å². The SMILES string of the molecule is CC(C)(C)[C@@H](N)C(=O)N1CCC(C#N)CC1.O=C(O)c1c[nH]c2ncc(OCC(F)(F)F)nc12. The van der Waals surface area contributed by atoms with Crippen LogP contribution in [0.15, 0.2) is 12.4 Å². The number of nitrogens with two attached hydrogens (primary N) is 1. The molecule has 1 aliphatic heterocycles. The minimum Gasteiger partial charge on any atom is -0.478 e. The minimum atomic E-state index is -4.50. The van der Waals surface area contributed by atoms with Gasteiger partial charge in [-0.15, -0.1) is 0 Å². The highest BCUT2D eigenvalue weighted by molar-refractivity contribution is 6.00. The summed E-state index contributed by atoms with van der Waals surface area (Å²) in [5.41, 5.74) is 5.65. The highest BCUT2D eigenvalue weighted by Crippen LogP contribution is 2.23. The average Bonchev–Trinajstić information content (AvgIpc) is 3.19. The van der Waals surface area contributed by atoms with Gasteiger partial charge in [0.2, 0.25) is 11.8 Å². The highest BCUT2D eigenvalue weighted by atomic mass is 19.4. The largest absolute Gasteiger partial charge is 0.478 e. The van der Waals surface area contributed by atoms with Gasteiger partial charge < -0.3 is 25.5 Å². The number of fused-ring (bicyclic) bond motifs is 1. The summed E-state index contributed by atoms with van der Waals surface area (Å²) in [6.45, 7) is 5.73. The zero-order chi connectivity index (χ0) is 25.7. The summed E-state index contributed by atoms with van der Waals surface area (Å²) in [6, 6.07) is 1.80. The molecule has 0 radical (unpaired) electrons. The number of nitrogens with zero attached hydrogens (tertiary/aromatic N) is 4. The van der Waals surface area contributed by atoms with Crippen molar-refractivity contribution in [1.29, 1.82) is 5.26 Å². The number of carbonyl (C=O) groups excluding carboxylic acids is 1. The number of hydrogen-bond acceptors (Lipinski definition) is 7. The summed E-state index contributed by atoms with van der Waals surface area (Å²) < 4.78 is 40.2. The molecule has 34 heavy (non-hydrogen) atoms. The van der Waals surface area contributed by atoms with Crippen LogP contribution in [0.3, 0.4) is 0 Å². The van der Waals surface area contributed by atoms with Crippen LogP contribution < -0.4 is 10.5 Å². The number of ether oxygens (including phenoxy) is 1. The van der Waals surface area contributed by atoms with E-state index in [-0.39, 0.29) is 39.8 Å². The number of H-pyrrole nitrogens is 1. The summed E-state index contributed by atoms with van der Waals surface area (Å²) >= 11 is 0. The zero-order valence-electron chi connectivity index (χ0n) is 19.0. The van der Waals surface area contributed by atoms with Gasteiger partial charge in [-0.3, -0.25) is 4.79 Å². The molecule has 2 aromatic rings. The van der Waals surface area contributed by atoms with E-state index in [1.165, 1.54) is 0 Å². The number of likely N-dealkylation sites (tertiary alicyclic amines) is 1. The molecule has 13 heteroatoms. The third-order valence-corrected chi connectivity index (χ3v) is 5.16. The van der Waals surface area contributed by atoms with Crippen molar-refractivity contribution >= 4 is 23.0 Å². The molecule has 3 rings (SSSR count). The average molecular weight is 484 g/mol. The number of aromatic nitrogens is 3. The van der Waals surface area contributed by atoms with E-state index in [1.807, 2.05) is 20.8 Å². The predicted molar refractivity (Wildman–Crippen MR) is 115 cm³/mol. The zero-order valence-corrected chi connectivity index (χ0v) is 19.0. The molecule has 0 aliphatic carbocycles. The Bertz CT molecular complexity index is 1050. The van der Waals surface area contributed by atoms with Crippen molar-refractivity contribution in [3.05, 3.63) is 18.0 Å². The van der Waals surface area contributed by atoms with E-state index in [2.05, 4.69) is 25.8 Å². The van der Waals surface area contributed by atoms with Gasteiger partial charge in [0, 0.05) is 25.2 Å². The number of nitrogens with one attached hydrogen (secondary N) is 1. The van der Waals surface area contributed by atoms with Gasteiger partial charge >= 0.3 is 12.1 Å². The Hall–Kier alpha value is -3.40. The fourth-order valence-corrected chi connectivity index (χ4v) is 3.06. The summed E-state index contributed by atoms with van der Waals surface area (Å²) in [5.74, 6) is -1.52. The molecule has 1 aliphatic rings. The molecule has 0 aromatic carbocycles. The number of carboxylic acids is 1. The quantitative estimate of drug-likeness (QED) is 0.597. The Morgan fingerprint density at radius 3 is 2.47 bits per heavy atom. The number of aromatic carboxylic acids is 1. The second-order valence-electron chi connectivity index (χ2n) is 8.89. The maximum atomic E-state index is 12.1. The number of halogens is 3. The van der Waals surface area contributed by atoms with Gasteiger partial charge in [0.25, 0.3) is 0 Å². The first-order valence-electron chi connectivity index (χ1n) is 10.4. The topological polar surface area (TPSA) is 158 Å². The summed E-state index contributed by atoms with van der Waals surface area (Å²) in [4.78, 5) is 34.6. The van der Waals surface area contributed by atoms with Crippen molar-refractivity contribution < 1.29 is 32.6 Å². The van der Waals surface area contributed by atoms with E-state index in [0.29, 0.717) is 13.1 Å². The Morgan fingerprint density at radius 2 is 1.97 bits per heavy atom. The van der Waals surface area contributed by atoms with Crippen molar-refractivity contribution in [1.82, 2.24) is 19.9 Å². The molecule has 0 saturated carbocycles. The number of alkyl halides is 3. The second kappa shape index (κ2) is 10.7. The van der Waals surface area contributed by atoms with Crippen molar-refractivity contribution in [2.75, 3.05) is 19.7 Å². The monoisotopic (exact) mass is 484 g/mol. The Balaban J connectivity index is 0.000000242. The van der Waals surface area contributed by atoms with Gasteiger partial charge in [0.1, 0.15) is 11.1 Å². The molecule has 1 saturated heterocycles.